The highest BCUT2D eigenvalue weighted by Gasteiger charge is 2.17. The smallest absolute Gasteiger partial charge is 0.320 e. The van der Waals surface area contributed by atoms with Crippen molar-refractivity contribution < 1.29 is 14.3 Å². The molecule has 122 valence electrons. The van der Waals surface area contributed by atoms with Crippen molar-refractivity contribution in [1.82, 2.24) is 5.32 Å². The van der Waals surface area contributed by atoms with Crippen molar-refractivity contribution in [3.05, 3.63) is 33.8 Å². The maximum absolute atomic E-state index is 11.6. The molecule has 1 atom stereocenters. The highest BCUT2D eigenvalue weighted by molar-refractivity contribution is 6.42. The first kappa shape index (κ1) is 18.9. The van der Waals surface area contributed by atoms with Gasteiger partial charge in [0.05, 0.1) is 16.6 Å². The Balaban J connectivity index is 2.59. The first-order valence-corrected chi connectivity index (χ1v) is 7.79. The van der Waals surface area contributed by atoms with Gasteiger partial charge in [-0.05, 0) is 38.5 Å². The molecule has 4 nitrogen and oxygen atoms in total. The number of benzene rings is 1. The summed E-state index contributed by atoms with van der Waals surface area (Å²) in [5, 5.41) is 3.93. The Morgan fingerprint density at radius 2 is 2.00 bits per heavy atom. The van der Waals surface area contributed by atoms with E-state index >= 15 is 0 Å². The zero-order chi connectivity index (χ0) is 16.8. The number of aldehydes is 1. The topological polar surface area (TPSA) is 55.4 Å². The van der Waals surface area contributed by atoms with Crippen molar-refractivity contribution in [3.63, 3.8) is 0 Å². The second kappa shape index (κ2) is 8.51. The number of halogens is 2. The molecule has 6 heteroatoms. The summed E-state index contributed by atoms with van der Waals surface area (Å²) in [5.41, 5.74) is 0.392. The minimum absolute atomic E-state index is 0.0743. The SMILES string of the molecule is CC(C)(C)OC(=O)CNCC(CC=O)c1ccc(Cl)c(Cl)c1. The van der Waals surface area contributed by atoms with Crippen LogP contribution in [0.5, 0.6) is 0 Å². The van der Waals surface area contributed by atoms with E-state index in [9.17, 15) is 9.59 Å². The van der Waals surface area contributed by atoms with Crippen LogP contribution in [0.4, 0.5) is 0 Å². The molecule has 22 heavy (non-hydrogen) atoms. The van der Waals surface area contributed by atoms with Crippen LogP contribution in [-0.4, -0.2) is 30.9 Å². The van der Waals surface area contributed by atoms with Crippen LogP contribution in [0.15, 0.2) is 18.2 Å². The molecule has 0 amide bonds. The molecule has 0 heterocycles. The Kier molecular flexibility index (Phi) is 7.33. The van der Waals surface area contributed by atoms with Gasteiger partial charge in [-0.15, -0.1) is 0 Å². The number of hydrogen-bond acceptors (Lipinski definition) is 4. The average Bonchev–Trinajstić information content (AvgIpc) is 2.39. The molecule has 0 saturated heterocycles. The number of nitrogens with one attached hydrogen (secondary N) is 1. The zero-order valence-corrected chi connectivity index (χ0v) is 14.5. The molecule has 0 radical (unpaired) electrons. The van der Waals surface area contributed by atoms with Crippen LogP contribution in [0, 0.1) is 0 Å². The van der Waals surface area contributed by atoms with Gasteiger partial charge in [0.1, 0.15) is 11.9 Å². The second-order valence-corrected chi connectivity index (χ2v) is 6.80. The quantitative estimate of drug-likeness (QED) is 0.605. The molecule has 1 aromatic rings. The standard InChI is InChI=1S/C16H21Cl2NO3/c1-16(2,3)22-15(21)10-19-9-12(6-7-20)11-4-5-13(17)14(18)8-11/h4-5,7-8,12,19H,6,9-10H2,1-3H3. The molecule has 1 aromatic carbocycles. The van der Waals surface area contributed by atoms with E-state index in [4.69, 9.17) is 27.9 Å². The van der Waals surface area contributed by atoms with E-state index in [0.717, 1.165) is 11.8 Å². The molecule has 0 saturated carbocycles. The molecule has 0 spiro atoms. The van der Waals surface area contributed by atoms with E-state index in [1.807, 2.05) is 26.8 Å². The van der Waals surface area contributed by atoms with Gasteiger partial charge in [0.2, 0.25) is 0 Å². The molecule has 0 aliphatic carbocycles. The van der Waals surface area contributed by atoms with Gasteiger partial charge < -0.3 is 14.8 Å². The van der Waals surface area contributed by atoms with E-state index in [-0.39, 0.29) is 18.4 Å². The summed E-state index contributed by atoms with van der Waals surface area (Å²) in [6.07, 6.45) is 1.18. The molecule has 0 aromatic heterocycles. The lowest BCUT2D eigenvalue weighted by atomic mass is 9.96. The lowest BCUT2D eigenvalue weighted by Gasteiger charge is -2.20. The third kappa shape index (κ3) is 6.77. The summed E-state index contributed by atoms with van der Waals surface area (Å²) in [6, 6.07) is 5.27. The predicted octanol–water partition coefficient (Wildman–Crippen LogP) is 3.60. The van der Waals surface area contributed by atoms with Gasteiger partial charge in [-0.2, -0.15) is 0 Å². The molecule has 0 aliphatic heterocycles. The third-order valence-electron chi connectivity index (χ3n) is 2.88. The van der Waals surface area contributed by atoms with E-state index < -0.39 is 5.60 Å². The van der Waals surface area contributed by atoms with Crippen LogP contribution in [0.1, 0.15) is 38.7 Å². The maximum atomic E-state index is 11.6. The third-order valence-corrected chi connectivity index (χ3v) is 3.61. The van der Waals surface area contributed by atoms with Crippen molar-refractivity contribution >= 4 is 35.5 Å². The Bertz CT molecular complexity index is 527. The number of esters is 1. The highest BCUT2D eigenvalue weighted by Crippen LogP contribution is 2.27. The van der Waals surface area contributed by atoms with Crippen LogP contribution in [-0.2, 0) is 14.3 Å². The monoisotopic (exact) mass is 345 g/mol. The summed E-state index contributed by atoms with van der Waals surface area (Å²) >= 11 is 11.9. The van der Waals surface area contributed by atoms with Crippen LogP contribution >= 0.6 is 23.2 Å². The normalized spacial score (nSPS) is 12.8. The number of carbonyl (C=O) groups is 2. The first-order chi connectivity index (χ1) is 10.2. The number of rotatable bonds is 7. The van der Waals surface area contributed by atoms with Crippen molar-refractivity contribution in [3.8, 4) is 0 Å². The molecule has 1 N–H and O–H groups in total. The average molecular weight is 346 g/mol. The van der Waals surface area contributed by atoms with Crippen molar-refractivity contribution in [2.24, 2.45) is 0 Å². The molecule has 0 aliphatic rings. The molecular weight excluding hydrogens is 325 g/mol. The van der Waals surface area contributed by atoms with E-state index in [1.54, 1.807) is 12.1 Å². The Morgan fingerprint density at radius 1 is 1.32 bits per heavy atom. The molecule has 0 fully saturated rings. The number of carbonyl (C=O) groups excluding carboxylic acids is 2. The lowest BCUT2D eigenvalue weighted by Crippen LogP contribution is -2.33. The Hall–Kier alpha value is -1.10. The van der Waals surface area contributed by atoms with Gasteiger partial charge in [-0.25, -0.2) is 0 Å². The molecular formula is C16H21Cl2NO3. The molecule has 0 bridgehead atoms. The fourth-order valence-electron chi connectivity index (χ4n) is 1.95. The van der Waals surface area contributed by atoms with Gasteiger partial charge in [0, 0.05) is 18.9 Å². The highest BCUT2D eigenvalue weighted by atomic mass is 35.5. The molecule has 1 unspecified atom stereocenters. The van der Waals surface area contributed by atoms with Crippen LogP contribution in [0.3, 0.4) is 0 Å². The van der Waals surface area contributed by atoms with Gasteiger partial charge in [-0.1, -0.05) is 29.3 Å². The van der Waals surface area contributed by atoms with Crippen LogP contribution in [0.25, 0.3) is 0 Å². The van der Waals surface area contributed by atoms with Gasteiger partial charge in [-0.3, -0.25) is 4.79 Å². The van der Waals surface area contributed by atoms with Gasteiger partial charge >= 0.3 is 5.97 Å². The van der Waals surface area contributed by atoms with E-state index in [2.05, 4.69) is 5.32 Å². The number of ether oxygens (including phenoxy) is 1. The Morgan fingerprint density at radius 3 is 2.55 bits per heavy atom. The second-order valence-electron chi connectivity index (χ2n) is 5.99. The lowest BCUT2D eigenvalue weighted by molar-refractivity contribution is -0.153. The van der Waals surface area contributed by atoms with Crippen LogP contribution < -0.4 is 5.32 Å². The minimum Gasteiger partial charge on any atom is -0.459 e. The first-order valence-electron chi connectivity index (χ1n) is 7.04. The Labute approximate surface area is 141 Å². The van der Waals surface area contributed by atoms with Crippen molar-refractivity contribution in [2.75, 3.05) is 13.1 Å². The molecule has 1 rings (SSSR count). The van der Waals surface area contributed by atoms with Crippen LogP contribution in [0.2, 0.25) is 10.0 Å². The summed E-state index contributed by atoms with van der Waals surface area (Å²) in [6.45, 7) is 6.01. The predicted molar refractivity (Wildman–Crippen MR) is 88.6 cm³/mol. The van der Waals surface area contributed by atoms with E-state index in [1.165, 1.54) is 0 Å². The summed E-state index contributed by atoms with van der Waals surface area (Å²) in [4.78, 5) is 22.5. The van der Waals surface area contributed by atoms with Gasteiger partial charge in [0.15, 0.2) is 0 Å². The number of hydrogen-bond donors (Lipinski definition) is 1. The van der Waals surface area contributed by atoms with Crippen molar-refractivity contribution in [2.45, 2.75) is 38.7 Å². The fourth-order valence-corrected chi connectivity index (χ4v) is 2.25. The van der Waals surface area contributed by atoms with Gasteiger partial charge in [0.25, 0.3) is 0 Å². The summed E-state index contributed by atoms with van der Waals surface area (Å²) in [7, 11) is 0. The summed E-state index contributed by atoms with van der Waals surface area (Å²) in [5.74, 6) is -0.402. The fraction of sp³-hybridized carbons (Fsp3) is 0.500. The summed E-state index contributed by atoms with van der Waals surface area (Å²) < 4.78 is 5.21. The minimum atomic E-state index is -0.509. The zero-order valence-electron chi connectivity index (χ0n) is 13.0. The maximum Gasteiger partial charge on any atom is 0.320 e. The van der Waals surface area contributed by atoms with Crippen molar-refractivity contribution in [1.29, 1.82) is 0 Å². The van der Waals surface area contributed by atoms with E-state index in [0.29, 0.717) is 23.0 Å². The largest absolute Gasteiger partial charge is 0.459 e.